The van der Waals surface area contributed by atoms with Gasteiger partial charge in [0.15, 0.2) is 5.82 Å². The maximum atomic E-state index is 11.8. The normalized spacial score (nSPS) is 13.9. The van der Waals surface area contributed by atoms with E-state index in [-0.39, 0.29) is 5.56 Å². The van der Waals surface area contributed by atoms with Gasteiger partial charge < -0.3 is 10.4 Å². The van der Waals surface area contributed by atoms with E-state index in [1.807, 2.05) is 26.0 Å². The van der Waals surface area contributed by atoms with Crippen LogP contribution in [-0.4, -0.2) is 27.6 Å². The van der Waals surface area contributed by atoms with Crippen LogP contribution in [0.5, 0.6) is 0 Å². The van der Waals surface area contributed by atoms with Crippen molar-refractivity contribution in [2.75, 3.05) is 11.9 Å². The topological polar surface area (TPSA) is 75.1 Å². The predicted molar refractivity (Wildman–Crippen MR) is 99.2 cm³/mol. The average Bonchev–Trinajstić information content (AvgIpc) is 3.36. The zero-order chi connectivity index (χ0) is 18.0. The summed E-state index contributed by atoms with van der Waals surface area (Å²) in [5, 5.41) is 13.6. The molecular weight excluding hydrogens is 338 g/mol. The second kappa shape index (κ2) is 7.40. The third-order valence-electron chi connectivity index (χ3n) is 4.16. The molecule has 1 heterocycles. The van der Waals surface area contributed by atoms with Crippen LogP contribution in [0.1, 0.15) is 42.7 Å². The zero-order valence-corrected chi connectivity index (χ0v) is 15.2. The van der Waals surface area contributed by atoms with Gasteiger partial charge in [0.2, 0.25) is 0 Å². The highest BCUT2D eigenvalue weighted by Crippen LogP contribution is 2.30. The van der Waals surface area contributed by atoms with Crippen molar-refractivity contribution in [1.82, 2.24) is 9.97 Å². The molecule has 25 heavy (non-hydrogen) atoms. The van der Waals surface area contributed by atoms with Gasteiger partial charge in [0.1, 0.15) is 11.4 Å². The Morgan fingerprint density at radius 1 is 1.28 bits per heavy atom. The number of hydrogen-bond donors (Lipinski definition) is 2. The molecule has 0 amide bonds. The average molecular weight is 360 g/mol. The van der Waals surface area contributed by atoms with E-state index in [1.165, 1.54) is 12.8 Å². The summed E-state index contributed by atoms with van der Waals surface area (Å²) < 4.78 is 0. The van der Waals surface area contributed by atoms with E-state index in [1.54, 1.807) is 12.1 Å². The van der Waals surface area contributed by atoms with Gasteiger partial charge in [-0.05, 0) is 55.4 Å². The highest BCUT2D eigenvalue weighted by atomic mass is 35.5. The number of benzene rings is 1. The van der Waals surface area contributed by atoms with Crippen molar-refractivity contribution >= 4 is 23.4 Å². The molecule has 5 nitrogen and oxygen atoms in total. The summed E-state index contributed by atoms with van der Waals surface area (Å²) in [7, 11) is 0. The summed E-state index contributed by atoms with van der Waals surface area (Å²) in [6.07, 6.45) is 2.95. The number of carboxylic acids is 1. The minimum atomic E-state index is -0.989. The Morgan fingerprint density at radius 2 is 1.96 bits per heavy atom. The van der Waals surface area contributed by atoms with Crippen molar-refractivity contribution in [2.24, 2.45) is 11.8 Å². The van der Waals surface area contributed by atoms with Crippen molar-refractivity contribution in [3.05, 3.63) is 40.5 Å². The molecule has 0 unspecified atom stereocenters. The predicted octanol–water partition coefficient (Wildman–Crippen LogP) is 4.52. The highest BCUT2D eigenvalue weighted by Gasteiger charge is 2.25. The van der Waals surface area contributed by atoms with E-state index in [0.29, 0.717) is 40.6 Å². The van der Waals surface area contributed by atoms with E-state index in [0.717, 1.165) is 12.1 Å². The Labute approximate surface area is 152 Å². The van der Waals surface area contributed by atoms with Crippen LogP contribution in [-0.2, 0) is 6.42 Å². The Kier molecular flexibility index (Phi) is 5.23. The van der Waals surface area contributed by atoms with Crippen LogP contribution >= 0.6 is 11.6 Å². The number of nitrogens with one attached hydrogen (secondary N) is 1. The molecule has 1 aliphatic rings. The number of rotatable bonds is 7. The van der Waals surface area contributed by atoms with Gasteiger partial charge in [0.05, 0.1) is 5.69 Å². The summed E-state index contributed by atoms with van der Waals surface area (Å²) in [6, 6.07) is 7.26. The first-order valence-corrected chi connectivity index (χ1v) is 8.96. The lowest BCUT2D eigenvalue weighted by molar-refractivity contribution is 0.0695. The lowest BCUT2D eigenvalue weighted by Gasteiger charge is -2.15. The van der Waals surface area contributed by atoms with Gasteiger partial charge in [0, 0.05) is 17.1 Å². The number of aromatic nitrogens is 2. The Balaban J connectivity index is 2.06. The quantitative estimate of drug-likeness (QED) is 0.760. The van der Waals surface area contributed by atoms with Gasteiger partial charge in [-0.15, -0.1) is 0 Å². The number of anilines is 1. The largest absolute Gasteiger partial charge is 0.477 e. The number of nitrogens with zero attached hydrogens (tertiary/aromatic N) is 2. The van der Waals surface area contributed by atoms with Crippen LogP contribution in [0.15, 0.2) is 24.3 Å². The van der Waals surface area contributed by atoms with Crippen LogP contribution in [0.2, 0.25) is 5.02 Å². The van der Waals surface area contributed by atoms with Crippen LogP contribution < -0.4 is 5.32 Å². The molecule has 0 bridgehead atoms. The molecule has 2 N–H and O–H groups in total. The van der Waals surface area contributed by atoms with Gasteiger partial charge >= 0.3 is 5.97 Å². The third-order valence-corrected chi connectivity index (χ3v) is 4.41. The molecule has 0 saturated heterocycles. The maximum absolute atomic E-state index is 11.8. The number of carbonyl (C=O) groups is 1. The number of halogens is 1. The summed E-state index contributed by atoms with van der Waals surface area (Å²) in [5.41, 5.74) is 1.58. The smallest absolute Gasteiger partial charge is 0.341 e. The second-order valence-corrected chi connectivity index (χ2v) is 7.39. The first-order chi connectivity index (χ1) is 11.9. The molecule has 6 heteroatoms. The first-order valence-electron chi connectivity index (χ1n) is 8.58. The summed E-state index contributed by atoms with van der Waals surface area (Å²) >= 11 is 5.96. The van der Waals surface area contributed by atoms with E-state index in [9.17, 15) is 9.90 Å². The van der Waals surface area contributed by atoms with Gasteiger partial charge in [-0.2, -0.15) is 0 Å². The van der Waals surface area contributed by atoms with Crippen LogP contribution in [0, 0.1) is 11.8 Å². The molecule has 0 radical (unpaired) electrons. The molecule has 132 valence electrons. The first kappa shape index (κ1) is 17.7. The molecule has 2 aromatic rings. The standard InChI is InChI=1S/C19H22ClN3O2/c1-11(2)9-15-16(19(24)25)18(21-10-12-3-4-12)23-17(22-15)13-5-7-14(20)8-6-13/h5-8,11-12H,3-4,9-10H2,1-2H3,(H,24,25)(H,21,22,23). The van der Waals surface area contributed by atoms with Gasteiger partial charge in [-0.1, -0.05) is 25.4 Å². The lowest BCUT2D eigenvalue weighted by atomic mass is 10.0. The Bertz CT molecular complexity index is 771. The number of aromatic carboxylic acids is 1. The minimum absolute atomic E-state index is 0.187. The van der Waals surface area contributed by atoms with Crippen LogP contribution in [0.4, 0.5) is 5.82 Å². The van der Waals surface area contributed by atoms with Crippen molar-refractivity contribution < 1.29 is 9.90 Å². The van der Waals surface area contributed by atoms with E-state index >= 15 is 0 Å². The molecule has 0 spiro atoms. The highest BCUT2D eigenvalue weighted by molar-refractivity contribution is 6.30. The summed E-state index contributed by atoms with van der Waals surface area (Å²) in [5.74, 6) is 0.855. The second-order valence-electron chi connectivity index (χ2n) is 6.95. The van der Waals surface area contributed by atoms with Crippen molar-refractivity contribution in [2.45, 2.75) is 33.1 Å². The Morgan fingerprint density at radius 3 is 2.52 bits per heavy atom. The van der Waals surface area contributed by atoms with E-state index < -0.39 is 5.97 Å². The monoisotopic (exact) mass is 359 g/mol. The van der Waals surface area contributed by atoms with Crippen LogP contribution in [0.25, 0.3) is 11.4 Å². The molecule has 0 atom stereocenters. The fourth-order valence-corrected chi connectivity index (χ4v) is 2.81. The van der Waals surface area contributed by atoms with Crippen molar-refractivity contribution in [3.8, 4) is 11.4 Å². The van der Waals surface area contributed by atoms with Gasteiger partial charge in [0.25, 0.3) is 0 Å². The molecule has 1 aromatic heterocycles. The summed E-state index contributed by atoms with van der Waals surface area (Å²) in [4.78, 5) is 20.9. The summed E-state index contributed by atoms with van der Waals surface area (Å²) in [6.45, 7) is 4.85. The molecule has 1 saturated carbocycles. The van der Waals surface area contributed by atoms with Crippen LogP contribution in [0.3, 0.4) is 0 Å². The zero-order valence-electron chi connectivity index (χ0n) is 14.4. The minimum Gasteiger partial charge on any atom is -0.477 e. The molecule has 1 aromatic carbocycles. The van der Waals surface area contributed by atoms with Crippen molar-refractivity contribution in [1.29, 1.82) is 0 Å². The molecule has 1 aliphatic carbocycles. The molecular formula is C19H22ClN3O2. The fourth-order valence-electron chi connectivity index (χ4n) is 2.69. The van der Waals surface area contributed by atoms with Crippen molar-refractivity contribution in [3.63, 3.8) is 0 Å². The lowest BCUT2D eigenvalue weighted by Crippen LogP contribution is -2.16. The van der Waals surface area contributed by atoms with Gasteiger partial charge in [-0.3, -0.25) is 0 Å². The third kappa shape index (κ3) is 4.48. The molecule has 0 aliphatic heterocycles. The number of hydrogen-bond acceptors (Lipinski definition) is 4. The van der Waals surface area contributed by atoms with E-state index in [2.05, 4.69) is 15.3 Å². The Hall–Kier alpha value is -2.14. The molecule has 3 rings (SSSR count). The van der Waals surface area contributed by atoms with E-state index in [4.69, 9.17) is 11.6 Å². The maximum Gasteiger partial charge on any atom is 0.341 e. The number of carboxylic acid groups (broad SMARTS) is 1. The van der Waals surface area contributed by atoms with Gasteiger partial charge in [-0.25, -0.2) is 14.8 Å². The molecule has 1 fully saturated rings. The SMILES string of the molecule is CC(C)Cc1nc(-c2ccc(Cl)cc2)nc(NCC2CC2)c1C(=O)O. The fraction of sp³-hybridized carbons (Fsp3) is 0.421.